The Hall–Kier alpha value is -3.62. The number of benzene rings is 1. The lowest BCUT2D eigenvalue weighted by Gasteiger charge is -2.11. The molecule has 0 saturated carbocycles. The van der Waals surface area contributed by atoms with Crippen molar-refractivity contribution in [3.05, 3.63) is 53.1 Å². The molecule has 0 bridgehead atoms. The number of rotatable bonds is 6. The summed E-state index contributed by atoms with van der Waals surface area (Å²) in [6.45, 7) is -0.241. The van der Waals surface area contributed by atoms with Gasteiger partial charge in [-0.15, -0.1) is 5.10 Å². The van der Waals surface area contributed by atoms with E-state index in [0.717, 1.165) is 4.68 Å². The molecule has 9 heteroatoms. The van der Waals surface area contributed by atoms with E-state index in [1.165, 1.54) is 11.7 Å². The quantitative estimate of drug-likeness (QED) is 0.703. The molecule has 0 atom stereocenters. The van der Waals surface area contributed by atoms with Crippen LogP contribution in [0, 0.1) is 0 Å². The number of hydrogen-bond acceptors (Lipinski definition) is 6. The molecule has 0 radical (unpaired) electrons. The zero-order valence-corrected chi connectivity index (χ0v) is 15.2. The highest BCUT2D eigenvalue weighted by Gasteiger charge is 2.16. The number of carbonyl (C=O) groups is 1. The monoisotopic (exact) mass is 369 g/mol. The Bertz CT molecular complexity index is 1010. The normalized spacial score (nSPS) is 10.5. The van der Waals surface area contributed by atoms with Gasteiger partial charge in [-0.2, -0.15) is 0 Å². The standard InChI is InChI=1S/C18H19N5O4/c1-22-17(14-6-4-5-9-19-14)21-23(18(22)25)11-16(24)20-13-8-7-12(26-2)10-15(13)27-3/h4-10H,11H2,1-3H3,(H,20,24). The molecule has 0 aliphatic rings. The zero-order valence-electron chi connectivity index (χ0n) is 15.2. The number of anilines is 1. The molecule has 0 fully saturated rings. The zero-order chi connectivity index (χ0) is 19.4. The van der Waals surface area contributed by atoms with Gasteiger partial charge in [0.1, 0.15) is 23.7 Å². The molecule has 9 nitrogen and oxygen atoms in total. The van der Waals surface area contributed by atoms with Gasteiger partial charge in [0, 0.05) is 19.3 Å². The molecule has 3 rings (SSSR count). The highest BCUT2D eigenvalue weighted by Crippen LogP contribution is 2.28. The molecule has 0 saturated heterocycles. The molecule has 2 heterocycles. The molecule has 1 amide bonds. The minimum Gasteiger partial charge on any atom is -0.497 e. The Morgan fingerprint density at radius 2 is 2.00 bits per heavy atom. The molecule has 0 spiro atoms. The molecule has 27 heavy (non-hydrogen) atoms. The lowest BCUT2D eigenvalue weighted by atomic mass is 10.2. The maximum absolute atomic E-state index is 12.4. The van der Waals surface area contributed by atoms with Crippen LogP contribution in [0.2, 0.25) is 0 Å². The van der Waals surface area contributed by atoms with E-state index in [1.807, 2.05) is 0 Å². The Kier molecular flexibility index (Phi) is 5.20. The van der Waals surface area contributed by atoms with Crippen molar-refractivity contribution < 1.29 is 14.3 Å². The van der Waals surface area contributed by atoms with E-state index in [1.54, 1.807) is 56.8 Å². The van der Waals surface area contributed by atoms with E-state index >= 15 is 0 Å². The van der Waals surface area contributed by atoms with Crippen LogP contribution in [0.25, 0.3) is 11.5 Å². The lowest BCUT2D eigenvalue weighted by Crippen LogP contribution is -2.29. The van der Waals surface area contributed by atoms with E-state index in [-0.39, 0.29) is 6.54 Å². The topological polar surface area (TPSA) is 100 Å². The van der Waals surface area contributed by atoms with Crippen LogP contribution in [-0.2, 0) is 18.4 Å². The Morgan fingerprint density at radius 3 is 2.67 bits per heavy atom. The van der Waals surface area contributed by atoms with Crippen LogP contribution in [0.1, 0.15) is 0 Å². The first-order chi connectivity index (χ1) is 13.0. The van der Waals surface area contributed by atoms with Crippen LogP contribution in [0.4, 0.5) is 5.69 Å². The number of carbonyl (C=O) groups excluding carboxylic acids is 1. The predicted octanol–water partition coefficient (Wildman–Crippen LogP) is 1.30. The van der Waals surface area contributed by atoms with Crippen molar-refractivity contribution >= 4 is 11.6 Å². The second-order valence-electron chi connectivity index (χ2n) is 5.65. The summed E-state index contributed by atoms with van der Waals surface area (Å²) < 4.78 is 12.8. The minimum absolute atomic E-state index is 0.241. The largest absolute Gasteiger partial charge is 0.497 e. The van der Waals surface area contributed by atoms with Gasteiger partial charge in [-0.25, -0.2) is 9.48 Å². The fraction of sp³-hybridized carbons (Fsp3) is 0.222. The number of aromatic nitrogens is 4. The molecule has 2 aromatic heterocycles. The van der Waals surface area contributed by atoms with Gasteiger partial charge >= 0.3 is 5.69 Å². The number of pyridine rings is 1. The van der Waals surface area contributed by atoms with Crippen molar-refractivity contribution in [3.63, 3.8) is 0 Å². The summed E-state index contributed by atoms with van der Waals surface area (Å²) in [4.78, 5) is 28.9. The molecule has 0 unspecified atom stereocenters. The van der Waals surface area contributed by atoms with Crippen molar-refractivity contribution in [3.8, 4) is 23.0 Å². The Balaban J connectivity index is 1.80. The number of nitrogens with one attached hydrogen (secondary N) is 1. The van der Waals surface area contributed by atoms with Gasteiger partial charge < -0.3 is 14.8 Å². The predicted molar refractivity (Wildman–Crippen MR) is 98.9 cm³/mol. The third-order valence-electron chi connectivity index (χ3n) is 3.91. The van der Waals surface area contributed by atoms with Crippen LogP contribution >= 0.6 is 0 Å². The molecular weight excluding hydrogens is 350 g/mol. The third-order valence-corrected chi connectivity index (χ3v) is 3.91. The summed E-state index contributed by atoms with van der Waals surface area (Å²) in [5.74, 6) is 1.03. The molecule has 0 aliphatic heterocycles. The Morgan fingerprint density at radius 1 is 1.19 bits per heavy atom. The van der Waals surface area contributed by atoms with E-state index < -0.39 is 11.6 Å². The second kappa shape index (κ2) is 7.73. The van der Waals surface area contributed by atoms with Crippen molar-refractivity contribution in [2.24, 2.45) is 7.05 Å². The van der Waals surface area contributed by atoms with Crippen molar-refractivity contribution in [2.75, 3.05) is 19.5 Å². The maximum Gasteiger partial charge on any atom is 0.346 e. The van der Waals surface area contributed by atoms with Gasteiger partial charge in [-0.3, -0.25) is 14.3 Å². The molecule has 3 aromatic rings. The smallest absolute Gasteiger partial charge is 0.346 e. The lowest BCUT2D eigenvalue weighted by molar-refractivity contribution is -0.117. The van der Waals surface area contributed by atoms with Crippen LogP contribution in [-0.4, -0.2) is 39.5 Å². The molecule has 1 N–H and O–H groups in total. The van der Waals surface area contributed by atoms with Gasteiger partial charge in [0.2, 0.25) is 5.91 Å². The summed E-state index contributed by atoms with van der Waals surface area (Å²) in [5, 5.41) is 6.94. The van der Waals surface area contributed by atoms with Gasteiger partial charge in [0.25, 0.3) is 0 Å². The van der Waals surface area contributed by atoms with Crippen molar-refractivity contribution in [1.29, 1.82) is 0 Å². The Labute approximate surface area is 155 Å². The van der Waals surface area contributed by atoms with Crippen LogP contribution in [0.3, 0.4) is 0 Å². The minimum atomic E-state index is -0.411. The van der Waals surface area contributed by atoms with E-state index in [2.05, 4.69) is 15.4 Å². The van der Waals surface area contributed by atoms with Crippen molar-refractivity contribution in [2.45, 2.75) is 6.54 Å². The summed E-state index contributed by atoms with van der Waals surface area (Å²) in [6.07, 6.45) is 1.61. The SMILES string of the molecule is COc1ccc(NC(=O)Cn2nc(-c3ccccn3)n(C)c2=O)c(OC)c1. The number of nitrogens with zero attached hydrogens (tertiary/aromatic N) is 4. The average molecular weight is 369 g/mol. The first-order valence-corrected chi connectivity index (χ1v) is 8.10. The summed E-state index contributed by atoms with van der Waals surface area (Å²) in [5.41, 5.74) is 0.609. The van der Waals surface area contributed by atoms with E-state index in [4.69, 9.17) is 9.47 Å². The fourth-order valence-corrected chi connectivity index (χ4v) is 2.54. The van der Waals surface area contributed by atoms with E-state index in [9.17, 15) is 9.59 Å². The van der Waals surface area contributed by atoms with Crippen molar-refractivity contribution in [1.82, 2.24) is 19.3 Å². The molecule has 0 aliphatic carbocycles. The fourth-order valence-electron chi connectivity index (χ4n) is 2.54. The van der Waals surface area contributed by atoms with Crippen LogP contribution < -0.4 is 20.5 Å². The molecule has 1 aromatic carbocycles. The van der Waals surface area contributed by atoms with Crippen LogP contribution in [0.15, 0.2) is 47.4 Å². The number of methoxy groups -OCH3 is 2. The second-order valence-corrected chi connectivity index (χ2v) is 5.65. The van der Waals surface area contributed by atoms with Gasteiger partial charge in [-0.05, 0) is 24.3 Å². The molecule has 140 valence electrons. The van der Waals surface area contributed by atoms with E-state index in [0.29, 0.717) is 28.7 Å². The number of ether oxygens (including phenoxy) is 2. The molecular formula is C18H19N5O4. The third kappa shape index (κ3) is 3.81. The van der Waals surface area contributed by atoms with Gasteiger partial charge in [0.15, 0.2) is 5.82 Å². The number of hydrogen-bond donors (Lipinski definition) is 1. The first-order valence-electron chi connectivity index (χ1n) is 8.10. The summed E-state index contributed by atoms with van der Waals surface area (Å²) >= 11 is 0. The highest BCUT2D eigenvalue weighted by molar-refractivity contribution is 5.92. The van der Waals surface area contributed by atoms with Gasteiger partial charge in [-0.1, -0.05) is 6.07 Å². The highest BCUT2D eigenvalue weighted by atomic mass is 16.5. The average Bonchev–Trinajstić information content (AvgIpc) is 2.97. The number of amides is 1. The van der Waals surface area contributed by atoms with Crippen LogP contribution in [0.5, 0.6) is 11.5 Å². The first kappa shape index (κ1) is 18.2. The summed E-state index contributed by atoms with van der Waals surface area (Å²) in [6, 6.07) is 10.3. The summed E-state index contributed by atoms with van der Waals surface area (Å²) in [7, 11) is 4.62. The van der Waals surface area contributed by atoms with Gasteiger partial charge in [0.05, 0.1) is 19.9 Å². The maximum atomic E-state index is 12.4.